The minimum Gasteiger partial charge on any atom is -0.466 e. The number of hydrogen-bond donors (Lipinski definition) is 1. The van der Waals surface area contributed by atoms with Gasteiger partial charge in [-0.1, -0.05) is 33.9 Å². The van der Waals surface area contributed by atoms with Gasteiger partial charge < -0.3 is 24.3 Å². The largest absolute Gasteiger partial charge is 0.466 e. The smallest absolute Gasteiger partial charge is 0.407 e. The van der Waals surface area contributed by atoms with Crippen LogP contribution in [0.1, 0.15) is 78.6 Å². The van der Waals surface area contributed by atoms with Crippen molar-refractivity contribution in [3.8, 4) is 0 Å². The zero-order valence-electron chi connectivity index (χ0n) is 22.1. The molecule has 0 aromatic carbocycles. The van der Waals surface area contributed by atoms with Crippen LogP contribution in [-0.2, 0) is 33.3 Å². The number of ether oxygens (including phenoxy) is 4. The van der Waals surface area contributed by atoms with E-state index in [9.17, 15) is 19.2 Å². The Labute approximate surface area is 214 Å². The summed E-state index contributed by atoms with van der Waals surface area (Å²) in [5.41, 5.74) is -0.112. The van der Waals surface area contributed by atoms with Crippen LogP contribution in [0.2, 0.25) is 0 Å². The third kappa shape index (κ3) is 13.9. The van der Waals surface area contributed by atoms with Crippen molar-refractivity contribution in [3.05, 3.63) is 25.3 Å². The van der Waals surface area contributed by atoms with Crippen molar-refractivity contribution in [3.63, 3.8) is 0 Å². The summed E-state index contributed by atoms with van der Waals surface area (Å²) in [5.74, 6) is -1.17. The third-order valence-corrected chi connectivity index (χ3v) is 6.09. The molecule has 1 saturated carbocycles. The van der Waals surface area contributed by atoms with Crippen molar-refractivity contribution < 1.29 is 38.1 Å². The normalized spacial score (nSPS) is 20.5. The zero-order valence-corrected chi connectivity index (χ0v) is 22.1. The highest BCUT2D eigenvalue weighted by Crippen LogP contribution is 2.48. The summed E-state index contributed by atoms with van der Waals surface area (Å²) in [6, 6.07) is -0.0471. The maximum absolute atomic E-state index is 12.3. The Hall–Kier alpha value is -2.84. The average Bonchev–Trinajstić information content (AvgIpc) is 2.80. The molecular formula is C27H43NO8. The fraction of sp³-hybridized carbons (Fsp3) is 0.704. The fourth-order valence-corrected chi connectivity index (χ4v) is 4.83. The molecule has 0 heterocycles. The van der Waals surface area contributed by atoms with Crippen molar-refractivity contribution in [2.24, 2.45) is 10.8 Å². The van der Waals surface area contributed by atoms with Crippen molar-refractivity contribution in [2.45, 2.75) is 84.6 Å². The molecule has 1 fully saturated rings. The number of esters is 3. The molecule has 9 nitrogen and oxygen atoms in total. The Kier molecular flexibility index (Phi) is 13.9. The Balaban J connectivity index is 2.34. The Bertz CT molecular complexity index is 763. The van der Waals surface area contributed by atoms with E-state index in [-0.39, 0.29) is 42.7 Å². The second-order valence-corrected chi connectivity index (χ2v) is 10.4. The van der Waals surface area contributed by atoms with Crippen LogP contribution in [-0.4, -0.2) is 56.5 Å². The van der Waals surface area contributed by atoms with Gasteiger partial charge in [0, 0.05) is 24.6 Å². The van der Waals surface area contributed by atoms with E-state index in [0.29, 0.717) is 45.1 Å². The predicted molar refractivity (Wildman–Crippen MR) is 135 cm³/mol. The van der Waals surface area contributed by atoms with Crippen molar-refractivity contribution in [1.82, 2.24) is 5.32 Å². The van der Waals surface area contributed by atoms with Gasteiger partial charge in [-0.15, -0.1) is 0 Å². The summed E-state index contributed by atoms with van der Waals surface area (Å²) >= 11 is 0. The van der Waals surface area contributed by atoms with E-state index in [1.165, 1.54) is 0 Å². The van der Waals surface area contributed by atoms with Gasteiger partial charge in [0.1, 0.15) is 0 Å². The first-order chi connectivity index (χ1) is 17.0. The van der Waals surface area contributed by atoms with E-state index in [4.69, 9.17) is 18.9 Å². The highest BCUT2D eigenvalue weighted by Gasteiger charge is 2.41. The summed E-state index contributed by atoms with van der Waals surface area (Å²) in [6.07, 6.45) is 7.70. The third-order valence-electron chi connectivity index (χ3n) is 6.09. The van der Waals surface area contributed by atoms with Gasteiger partial charge in [-0.2, -0.15) is 0 Å². The summed E-state index contributed by atoms with van der Waals surface area (Å²) in [6.45, 7) is 14.2. The number of unbranched alkanes of at least 4 members (excludes halogenated alkanes) is 2. The Morgan fingerprint density at radius 3 is 1.83 bits per heavy atom. The molecule has 0 aromatic rings. The summed E-state index contributed by atoms with van der Waals surface area (Å²) in [7, 11) is 0. The number of rotatable bonds is 16. The lowest BCUT2D eigenvalue weighted by Gasteiger charge is -2.46. The first-order valence-corrected chi connectivity index (χ1v) is 12.7. The minimum absolute atomic E-state index is 0.00670. The molecule has 0 aliphatic heterocycles. The van der Waals surface area contributed by atoms with Crippen LogP contribution >= 0.6 is 0 Å². The Morgan fingerprint density at radius 2 is 1.31 bits per heavy atom. The first-order valence-electron chi connectivity index (χ1n) is 12.7. The fourth-order valence-electron chi connectivity index (χ4n) is 4.83. The van der Waals surface area contributed by atoms with Crippen LogP contribution in [0.15, 0.2) is 25.3 Å². The molecule has 1 amide bonds. The number of carbonyl (C=O) groups excluding carboxylic acids is 4. The van der Waals surface area contributed by atoms with E-state index in [1.807, 2.05) is 0 Å². The van der Waals surface area contributed by atoms with Crippen LogP contribution in [0, 0.1) is 10.8 Å². The monoisotopic (exact) mass is 509 g/mol. The lowest BCUT2D eigenvalue weighted by atomic mass is 9.61. The molecule has 1 aliphatic rings. The van der Waals surface area contributed by atoms with Gasteiger partial charge >= 0.3 is 24.0 Å². The molecule has 1 rings (SSSR count). The lowest BCUT2D eigenvalue weighted by molar-refractivity contribution is -0.145. The maximum Gasteiger partial charge on any atom is 0.407 e. The number of amides is 1. The van der Waals surface area contributed by atoms with Crippen LogP contribution < -0.4 is 5.32 Å². The minimum atomic E-state index is -0.464. The van der Waals surface area contributed by atoms with Gasteiger partial charge in [-0.3, -0.25) is 4.79 Å². The van der Waals surface area contributed by atoms with Gasteiger partial charge in [0.15, 0.2) is 0 Å². The van der Waals surface area contributed by atoms with E-state index in [0.717, 1.165) is 31.4 Å². The molecule has 36 heavy (non-hydrogen) atoms. The molecule has 0 bridgehead atoms. The quantitative estimate of drug-likeness (QED) is 0.138. The highest BCUT2D eigenvalue weighted by molar-refractivity contribution is 5.81. The zero-order chi connectivity index (χ0) is 27.0. The molecule has 0 spiro atoms. The molecular weight excluding hydrogens is 466 g/mol. The average molecular weight is 510 g/mol. The van der Waals surface area contributed by atoms with Gasteiger partial charge in [-0.05, 0) is 62.2 Å². The van der Waals surface area contributed by atoms with Gasteiger partial charge in [0.25, 0.3) is 0 Å². The maximum atomic E-state index is 12.3. The van der Waals surface area contributed by atoms with Crippen LogP contribution in [0.5, 0.6) is 0 Å². The molecule has 0 radical (unpaired) electrons. The molecule has 1 aliphatic carbocycles. The predicted octanol–water partition coefficient (Wildman–Crippen LogP) is 4.64. The molecule has 0 aromatic heterocycles. The van der Waals surface area contributed by atoms with Crippen LogP contribution in [0.4, 0.5) is 4.79 Å². The number of alkyl carbamates (subject to hydrolysis) is 1. The van der Waals surface area contributed by atoms with Crippen molar-refractivity contribution in [1.29, 1.82) is 0 Å². The SMILES string of the molecule is C=CC(=O)OCCCCOC(=O)CCC1(C)CC(NC(=O)OCCCCOC(=O)C=C)CC(C)(C)C1. The molecule has 2 unspecified atom stereocenters. The molecule has 2 atom stereocenters. The van der Waals surface area contributed by atoms with Crippen molar-refractivity contribution >= 4 is 24.0 Å². The standard InChI is InChI=1S/C27H43NO8/c1-6-22(29)33-14-8-9-16-35-24(31)12-13-27(5)19-21(18-26(3,4)20-27)28-25(32)36-17-11-10-15-34-23(30)7-2/h6-7,21H,1-2,8-20H2,3-5H3,(H,28,32). The number of hydrogen-bond acceptors (Lipinski definition) is 8. The van der Waals surface area contributed by atoms with E-state index in [1.54, 1.807) is 0 Å². The second-order valence-electron chi connectivity index (χ2n) is 10.4. The van der Waals surface area contributed by atoms with Crippen molar-refractivity contribution in [2.75, 3.05) is 26.4 Å². The molecule has 0 saturated heterocycles. The van der Waals surface area contributed by atoms with Gasteiger partial charge in [0.2, 0.25) is 0 Å². The first kappa shape index (κ1) is 31.2. The molecule has 204 valence electrons. The second kappa shape index (κ2) is 16.0. The van der Waals surface area contributed by atoms with Crippen LogP contribution in [0.25, 0.3) is 0 Å². The number of nitrogens with one attached hydrogen (secondary N) is 1. The van der Waals surface area contributed by atoms with Gasteiger partial charge in [0.05, 0.1) is 26.4 Å². The topological polar surface area (TPSA) is 117 Å². The summed E-state index contributed by atoms with van der Waals surface area (Å²) < 4.78 is 20.4. The summed E-state index contributed by atoms with van der Waals surface area (Å²) in [5, 5.41) is 2.98. The van der Waals surface area contributed by atoms with E-state index < -0.39 is 18.0 Å². The molecule has 1 N–H and O–H groups in total. The Morgan fingerprint density at radius 1 is 0.806 bits per heavy atom. The molecule has 9 heteroatoms. The van der Waals surface area contributed by atoms with Crippen LogP contribution in [0.3, 0.4) is 0 Å². The van der Waals surface area contributed by atoms with E-state index in [2.05, 4.69) is 39.2 Å². The van der Waals surface area contributed by atoms with E-state index >= 15 is 0 Å². The van der Waals surface area contributed by atoms with Gasteiger partial charge in [-0.25, -0.2) is 14.4 Å². The highest BCUT2D eigenvalue weighted by atomic mass is 16.6. The summed E-state index contributed by atoms with van der Waals surface area (Å²) in [4.78, 5) is 46.5. The lowest BCUT2D eigenvalue weighted by Crippen LogP contribution is -2.47. The number of carbonyl (C=O) groups is 4.